The molecule has 1 atom stereocenters. The van der Waals surface area contributed by atoms with Crippen molar-refractivity contribution in [1.29, 1.82) is 0 Å². The summed E-state index contributed by atoms with van der Waals surface area (Å²) in [4.78, 5) is 32.4. The summed E-state index contributed by atoms with van der Waals surface area (Å²) in [5, 5.41) is 30.2. The molecule has 1 aromatic rings. The molecule has 1 amide bonds. The van der Waals surface area contributed by atoms with Gasteiger partial charge >= 0.3 is 5.97 Å². The normalized spacial score (nSPS) is 11.7. The van der Waals surface area contributed by atoms with Crippen LogP contribution in [0.15, 0.2) is 18.2 Å². The van der Waals surface area contributed by atoms with Crippen LogP contribution in [0.5, 0.6) is 0 Å². The standard InChI is InChI=1S/C11H11FN2O6/c12-6-1-2-9(14(19)20)7(5-6)10(16)13-8(3-4-15)11(17)18/h1-2,5,8,15H,3-4H2,(H,13,16)(H,17,18)/t8-/m1/s1. The number of hydrogen-bond acceptors (Lipinski definition) is 5. The lowest BCUT2D eigenvalue weighted by molar-refractivity contribution is -0.385. The Morgan fingerprint density at radius 2 is 2.10 bits per heavy atom. The first-order valence-corrected chi connectivity index (χ1v) is 5.45. The number of halogens is 1. The number of carboxylic acids is 1. The summed E-state index contributed by atoms with van der Waals surface area (Å²) in [5.41, 5.74) is -1.23. The fraction of sp³-hybridized carbons (Fsp3) is 0.273. The Kier molecular flexibility index (Phi) is 5.09. The molecule has 0 radical (unpaired) electrons. The highest BCUT2D eigenvalue weighted by molar-refractivity contribution is 5.99. The van der Waals surface area contributed by atoms with Gasteiger partial charge in [0.25, 0.3) is 11.6 Å². The summed E-state index contributed by atoms with van der Waals surface area (Å²) in [6.07, 6.45) is -0.274. The number of aliphatic carboxylic acids is 1. The second kappa shape index (κ2) is 6.57. The maximum atomic E-state index is 13.1. The third-order valence-electron chi connectivity index (χ3n) is 2.42. The van der Waals surface area contributed by atoms with Crippen LogP contribution in [-0.4, -0.2) is 39.7 Å². The lowest BCUT2D eigenvalue weighted by Crippen LogP contribution is -2.41. The zero-order valence-corrected chi connectivity index (χ0v) is 10.1. The molecule has 8 nitrogen and oxygen atoms in total. The van der Waals surface area contributed by atoms with Crippen molar-refractivity contribution < 1.29 is 29.1 Å². The van der Waals surface area contributed by atoms with Gasteiger partial charge in [0.15, 0.2) is 0 Å². The fourth-order valence-corrected chi connectivity index (χ4v) is 1.47. The number of hydrogen-bond donors (Lipinski definition) is 3. The average Bonchev–Trinajstić information content (AvgIpc) is 2.37. The molecule has 9 heteroatoms. The van der Waals surface area contributed by atoms with Crippen molar-refractivity contribution in [2.45, 2.75) is 12.5 Å². The van der Waals surface area contributed by atoms with E-state index in [2.05, 4.69) is 0 Å². The van der Waals surface area contributed by atoms with Crippen molar-refractivity contribution in [3.8, 4) is 0 Å². The Hall–Kier alpha value is -2.55. The smallest absolute Gasteiger partial charge is 0.326 e. The molecule has 0 aliphatic rings. The molecule has 0 saturated heterocycles. The maximum Gasteiger partial charge on any atom is 0.326 e. The van der Waals surface area contributed by atoms with Gasteiger partial charge in [0, 0.05) is 19.1 Å². The largest absolute Gasteiger partial charge is 0.480 e. The lowest BCUT2D eigenvalue weighted by atomic mass is 10.1. The first kappa shape index (κ1) is 15.5. The molecule has 0 aliphatic carbocycles. The van der Waals surface area contributed by atoms with Crippen molar-refractivity contribution in [1.82, 2.24) is 5.32 Å². The van der Waals surface area contributed by atoms with Crippen LogP contribution < -0.4 is 5.32 Å². The number of nitrogens with zero attached hydrogens (tertiary/aromatic N) is 1. The molecule has 0 fully saturated rings. The second-order valence-electron chi connectivity index (χ2n) is 3.80. The van der Waals surface area contributed by atoms with Gasteiger partial charge in [-0.3, -0.25) is 14.9 Å². The predicted molar refractivity (Wildman–Crippen MR) is 63.6 cm³/mol. The van der Waals surface area contributed by atoms with Crippen LogP contribution in [0.2, 0.25) is 0 Å². The van der Waals surface area contributed by atoms with E-state index < -0.39 is 46.5 Å². The Bertz CT molecular complexity index is 548. The van der Waals surface area contributed by atoms with Gasteiger partial charge in [0.2, 0.25) is 0 Å². The predicted octanol–water partition coefficient (Wildman–Crippen LogP) is 0.299. The molecular weight excluding hydrogens is 275 g/mol. The van der Waals surface area contributed by atoms with Crippen LogP contribution in [0.1, 0.15) is 16.8 Å². The first-order chi connectivity index (χ1) is 9.36. The van der Waals surface area contributed by atoms with Crippen LogP contribution in [0, 0.1) is 15.9 Å². The summed E-state index contributed by atoms with van der Waals surface area (Å²) >= 11 is 0. The SMILES string of the molecule is O=C(N[C@H](CCO)C(=O)O)c1cc(F)ccc1[N+](=O)[O-]. The highest BCUT2D eigenvalue weighted by Crippen LogP contribution is 2.19. The average molecular weight is 286 g/mol. The summed E-state index contributed by atoms with van der Waals surface area (Å²) in [6, 6.07) is 0.852. The molecule has 0 aliphatic heterocycles. The van der Waals surface area contributed by atoms with Crippen molar-refractivity contribution in [3.63, 3.8) is 0 Å². The minimum Gasteiger partial charge on any atom is -0.480 e. The minimum atomic E-state index is -1.42. The topological polar surface area (TPSA) is 130 Å². The monoisotopic (exact) mass is 286 g/mol. The molecule has 0 unspecified atom stereocenters. The number of nitro groups is 1. The Morgan fingerprint density at radius 1 is 1.45 bits per heavy atom. The molecule has 108 valence electrons. The van der Waals surface area contributed by atoms with Crippen molar-refractivity contribution in [2.24, 2.45) is 0 Å². The summed E-state index contributed by atoms with van der Waals surface area (Å²) in [5.74, 6) is -3.38. The van der Waals surface area contributed by atoms with Crippen molar-refractivity contribution >= 4 is 17.6 Å². The van der Waals surface area contributed by atoms with Crippen LogP contribution >= 0.6 is 0 Å². The highest BCUT2D eigenvalue weighted by atomic mass is 19.1. The van der Waals surface area contributed by atoms with E-state index in [1.165, 1.54) is 0 Å². The van der Waals surface area contributed by atoms with Gasteiger partial charge in [-0.2, -0.15) is 0 Å². The van der Waals surface area contributed by atoms with Crippen LogP contribution in [-0.2, 0) is 4.79 Å². The molecule has 20 heavy (non-hydrogen) atoms. The fourth-order valence-electron chi connectivity index (χ4n) is 1.47. The molecule has 0 heterocycles. The summed E-state index contributed by atoms with van der Waals surface area (Å²) in [7, 11) is 0. The molecule has 0 spiro atoms. The number of nitro benzene ring substituents is 1. The number of nitrogens with one attached hydrogen (secondary N) is 1. The first-order valence-electron chi connectivity index (χ1n) is 5.45. The molecule has 0 saturated carbocycles. The van der Waals surface area contributed by atoms with E-state index in [0.717, 1.165) is 12.1 Å². The van der Waals surface area contributed by atoms with E-state index in [1.54, 1.807) is 0 Å². The second-order valence-corrected chi connectivity index (χ2v) is 3.80. The quantitative estimate of drug-likeness (QED) is 0.509. The van der Waals surface area contributed by atoms with Crippen LogP contribution in [0.3, 0.4) is 0 Å². The lowest BCUT2D eigenvalue weighted by Gasteiger charge is -2.13. The van der Waals surface area contributed by atoms with Gasteiger partial charge in [0.1, 0.15) is 17.4 Å². The minimum absolute atomic E-state index is 0.274. The van der Waals surface area contributed by atoms with Crippen molar-refractivity contribution in [3.05, 3.63) is 39.7 Å². The number of benzene rings is 1. The molecule has 1 aromatic carbocycles. The van der Waals surface area contributed by atoms with Gasteiger partial charge in [-0.05, 0) is 12.1 Å². The van der Waals surface area contributed by atoms with E-state index in [0.29, 0.717) is 6.07 Å². The Morgan fingerprint density at radius 3 is 2.60 bits per heavy atom. The molecule has 1 rings (SSSR count). The zero-order chi connectivity index (χ0) is 15.3. The molecular formula is C11H11FN2O6. The number of carbonyl (C=O) groups is 2. The van der Waals surface area contributed by atoms with Crippen LogP contribution in [0.4, 0.5) is 10.1 Å². The number of rotatable bonds is 6. The summed E-state index contributed by atoms with van der Waals surface area (Å²) < 4.78 is 13.1. The van der Waals surface area contributed by atoms with Gasteiger partial charge < -0.3 is 15.5 Å². The molecule has 3 N–H and O–H groups in total. The third-order valence-corrected chi connectivity index (χ3v) is 2.42. The van der Waals surface area contributed by atoms with Crippen LogP contribution in [0.25, 0.3) is 0 Å². The summed E-state index contributed by atoms with van der Waals surface area (Å²) in [6.45, 7) is -0.498. The number of amides is 1. The number of carboxylic acid groups (broad SMARTS) is 1. The van der Waals surface area contributed by atoms with E-state index in [9.17, 15) is 24.1 Å². The van der Waals surface area contributed by atoms with E-state index in [1.807, 2.05) is 5.32 Å². The zero-order valence-electron chi connectivity index (χ0n) is 10.1. The molecule has 0 bridgehead atoms. The van der Waals surface area contributed by atoms with E-state index in [4.69, 9.17) is 10.2 Å². The third kappa shape index (κ3) is 3.72. The van der Waals surface area contributed by atoms with Gasteiger partial charge in [0.05, 0.1) is 4.92 Å². The number of aliphatic hydroxyl groups is 1. The van der Waals surface area contributed by atoms with Crippen molar-refractivity contribution in [2.75, 3.05) is 6.61 Å². The number of aliphatic hydroxyl groups excluding tert-OH is 1. The van der Waals surface area contributed by atoms with Gasteiger partial charge in [-0.1, -0.05) is 0 Å². The van der Waals surface area contributed by atoms with E-state index in [-0.39, 0.29) is 6.42 Å². The Labute approximate surface area is 112 Å². The molecule has 0 aromatic heterocycles. The maximum absolute atomic E-state index is 13.1. The van der Waals surface area contributed by atoms with Gasteiger partial charge in [-0.25, -0.2) is 9.18 Å². The Balaban J connectivity index is 3.05. The van der Waals surface area contributed by atoms with E-state index >= 15 is 0 Å². The van der Waals surface area contributed by atoms with Gasteiger partial charge in [-0.15, -0.1) is 0 Å². The number of carbonyl (C=O) groups excluding carboxylic acids is 1. The highest BCUT2D eigenvalue weighted by Gasteiger charge is 2.25.